The van der Waals surface area contributed by atoms with Crippen molar-refractivity contribution in [2.75, 3.05) is 0 Å². The smallest absolute Gasteiger partial charge is 0.255 e. The second kappa shape index (κ2) is 5.90. The quantitative estimate of drug-likeness (QED) is 0.594. The van der Waals surface area contributed by atoms with Crippen molar-refractivity contribution in [3.63, 3.8) is 0 Å². The molecular formula is C19H23NO2S. The highest BCUT2D eigenvalue weighted by atomic mass is 32.1. The van der Waals surface area contributed by atoms with Crippen molar-refractivity contribution in [1.29, 1.82) is 0 Å². The number of carbonyl (C=O) groups is 2. The Morgan fingerprint density at radius 1 is 1.13 bits per heavy atom. The van der Waals surface area contributed by atoms with Crippen molar-refractivity contribution < 1.29 is 9.59 Å². The molecule has 122 valence electrons. The molecule has 2 aliphatic carbocycles. The molecule has 0 radical (unpaired) electrons. The van der Waals surface area contributed by atoms with E-state index in [1.807, 2.05) is 10.3 Å². The minimum atomic E-state index is -0.240. The third kappa shape index (κ3) is 2.57. The summed E-state index contributed by atoms with van der Waals surface area (Å²) in [5, 5.41) is 2.03. The first-order valence-corrected chi connectivity index (χ1v) is 9.63. The van der Waals surface area contributed by atoms with E-state index in [2.05, 4.69) is 6.58 Å². The Morgan fingerprint density at radius 3 is 2.70 bits per heavy atom. The lowest BCUT2D eigenvalue weighted by Gasteiger charge is -2.25. The average Bonchev–Trinajstić information content (AvgIpc) is 3.20. The number of Topliss-reactive ketones (excluding diaryl/α,β-unsaturated/α-hetero) is 1. The lowest BCUT2D eigenvalue weighted by atomic mass is 10.0. The second-order valence-corrected chi connectivity index (χ2v) is 8.12. The van der Waals surface area contributed by atoms with Gasteiger partial charge in [-0.25, -0.2) is 0 Å². The van der Waals surface area contributed by atoms with Gasteiger partial charge in [0.2, 0.25) is 0 Å². The number of nitrogens with zero attached hydrogens (tertiary/aromatic N) is 1. The van der Waals surface area contributed by atoms with Gasteiger partial charge >= 0.3 is 0 Å². The Labute approximate surface area is 141 Å². The molecule has 0 spiro atoms. The normalized spacial score (nSPS) is 26.0. The van der Waals surface area contributed by atoms with Crippen molar-refractivity contribution in [2.45, 2.75) is 69.9 Å². The van der Waals surface area contributed by atoms with Gasteiger partial charge in [0, 0.05) is 23.2 Å². The number of thiophene rings is 1. The molecule has 1 atom stereocenters. The van der Waals surface area contributed by atoms with Crippen LogP contribution in [0.1, 0.15) is 78.1 Å². The van der Waals surface area contributed by atoms with E-state index in [1.165, 1.54) is 36.1 Å². The maximum atomic E-state index is 12.8. The molecule has 1 aromatic rings. The van der Waals surface area contributed by atoms with E-state index in [0.29, 0.717) is 18.9 Å². The maximum Gasteiger partial charge on any atom is 0.255 e. The van der Waals surface area contributed by atoms with Crippen LogP contribution in [-0.2, 0) is 11.3 Å². The summed E-state index contributed by atoms with van der Waals surface area (Å²) >= 11 is 1.76. The van der Waals surface area contributed by atoms with Gasteiger partial charge in [-0.15, -0.1) is 11.3 Å². The molecule has 4 rings (SSSR count). The molecule has 2 saturated carbocycles. The van der Waals surface area contributed by atoms with Crippen LogP contribution in [0.4, 0.5) is 0 Å². The van der Waals surface area contributed by atoms with Crippen LogP contribution in [0.5, 0.6) is 0 Å². The van der Waals surface area contributed by atoms with Crippen molar-refractivity contribution in [2.24, 2.45) is 0 Å². The van der Waals surface area contributed by atoms with Gasteiger partial charge in [0.15, 0.2) is 5.78 Å². The summed E-state index contributed by atoms with van der Waals surface area (Å²) in [6.07, 6.45) is 8.22. The van der Waals surface area contributed by atoms with E-state index in [9.17, 15) is 9.59 Å². The fraction of sp³-hybridized carbons (Fsp3) is 0.579. The first kappa shape index (κ1) is 15.1. The Bertz CT molecular complexity index is 669. The maximum absolute atomic E-state index is 12.8. The molecular weight excluding hydrogens is 306 g/mol. The molecule has 0 N–H and O–H groups in total. The minimum Gasteiger partial charge on any atom is -0.324 e. The molecule has 1 amide bonds. The Morgan fingerprint density at radius 2 is 1.91 bits per heavy atom. The predicted octanol–water partition coefficient (Wildman–Crippen LogP) is 4.43. The summed E-state index contributed by atoms with van der Waals surface area (Å²) in [7, 11) is 0. The highest BCUT2D eigenvalue weighted by Gasteiger charge is 2.39. The standard InChI is InChI=1S/C19H23NO2S/c1-12-5-4-8-16(17(21)9-12)20-10-14-15(19(20)22)11-23-18(14)13-6-2-3-7-13/h11,13,16H,1-10H2/t16-/m0/s1. The molecule has 4 heteroatoms. The monoisotopic (exact) mass is 329 g/mol. The molecule has 0 saturated heterocycles. The summed E-state index contributed by atoms with van der Waals surface area (Å²) in [4.78, 5) is 28.6. The van der Waals surface area contributed by atoms with E-state index >= 15 is 0 Å². The number of hydrogen-bond donors (Lipinski definition) is 0. The first-order chi connectivity index (χ1) is 11.1. The van der Waals surface area contributed by atoms with Crippen molar-refractivity contribution in [1.82, 2.24) is 4.90 Å². The van der Waals surface area contributed by atoms with Gasteiger partial charge in [0.25, 0.3) is 5.91 Å². The molecule has 0 bridgehead atoms. The predicted molar refractivity (Wildman–Crippen MR) is 91.8 cm³/mol. The van der Waals surface area contributed by atoms with Crippen LogP contribution in [0.25, 0.3) is 0 Å². The topological polar surface area (TPSA) is 37.4 Å². The lowest BCUT2D eigenvalue weighted by Crippen LogP contribution is -2.40. The summed E-state index contributed by atoms with van der Waals surface area (Å²) < 4.78 is 0. The number of ketones is 1. The largest absolute Gasteiger partial charge is 0.324 e. The number of hydrogen-bond acceptors (Lipinski definition) is 3. The fourth-order valence-corrected chi connectivity index (χ4v) is 5.64. The van der Waals surface area contributed by atoms with Gasteiger partial charge in [-0.1, -0.05) is 25.0 Å². The van der Waals surface area contributed by atoms with Crippen molar-refractivity contribution in [3.8, 4) is 0 Å². The molecule has 0 unspecified atom stereocenters. The number of fused-ring (bicyclic) bond motifs is 1. The van der Waals surface area contributed by atoms with Gasteiger partial charge in [0.1, 0.15) is 0 Å². The third-order valence-corrected chi connectivity index (χ3v) is 6.84. The van der Waals surface area contributed by atoms with Crippen LogP contribution in [0, 0.1) is 0 Å². The minimum absolute atomic E-state index is 0.0753. The molecule has 2 heterocycles. The zero-order valence-electron chi connectivity index (χ0n) is 13.5. The molecule has 3 aliphatic rings. The Kier molecular flexibility index (Phi) is 3.88. The fourth-order valence-electron chi connectivity index (χ4n) is 4.41. The highest BCUT2D eigenvalue weighted by Crippen LogP contribution is 2.43. The Balaban J connectivity index is 1.59. The van der Waals surface area contributed by atoms with Crippen LogP contribution in [0.3, 0.4) is 0 Å². The van der Waals surface area contributed by atoms with Crippen LogP contribution < -0.4 is 0 Å². The van der Waals surface area contributed by atoms with E-state index in [0.717, 1.165) is 30.4 Å². The molecule has 1 aromatic heterocycles. The third-order valence-electron chi connectivity index (χ3n) is 5.65. The number of amides is 1. The first-order valence-electron chi connectivity index (χ1n) is 8.75. The van der Waals surface area contributed by atoms with E-state index in [-0.39, 0.29) is 17.7 Å². The van der Waals surface area contributed by atoms with Crippen LogP contribution in [0.2, 0.25) is 0 Å². The highest BCUT2D eigenvalue weighted by molar-refractivity contribution is 7.10. The zero-order chi connectivity index (χ0) is 16.0. The molecule has 23 heavy (non-hydrogen) atoms. The van der Waals surface area contributed by atoms with Crippen molar-refractivity contribution in [3.05, 3.63) is 33.5 Å². The second-order valence-electron chi connectivity index (χ2n) is 7.21. The lowest BCUT2D eigenvalue weighted by molar-refractivity contribution is -0.122. The van der Waals surface area contributed by atoms with Gasteiger partial charge < -0.3 is 4.90 Å². The van der Waals surface area contributed by atoms with Gasteiger partial charge in [-0.05, 0) is 43.6 Å². The summed E-state index contributed by atoms with van der Waals surface area (Å²) in [5.41, 5.74) is 3.11. The summed E-state index contributed by atoms with van der Waals surface area (Å²) in [5.74, 6) is 0.893. The van der Waals surface area contributed by atoms with Gasteiger partial charge in [0.05, 0.1) is 11.6 Å². The van der Waals surface area contributed by atoms with Crippen LogP contribution in [0.15, 0.2) is 17.5 Å². The summed E-state index contributed by atoms with van der Waals surface area (Å²) in [6, 6.07) is -0.240. The van der Waals surface area contributed by atoms with E-state index < -0.39 is 0 Å². The number of carbonyl (C=O) groups excluding carboxylic acids is 2. The van der Waals surface area contributed by atoms with E-state index in [1.54, 1.807) is 11.3 Å². The Hall–Kier alpha value is -1.42. The molecule has 0 aromatic carbocycles. The van der Waals surface area contributed by atoms with Crippen molar-refractivity contribution >= 4 is 23.0 Å². The number of rotatable bonds is 2. The van der Waals surface area contributed by atoms with Gasteiger partial charge in [-0.3, -0.25) is 9.59 Å². The molecule has 1 aliphatic heterocycles. The summed E-state index contributed by atoms with van der Waals surface area (Å²) in [6.45, 7) is 4.62. The van der Waals surface area contributed by atoms with Crippen LogP contribution in [-0.4, -0.2) is 22.6 Å². The average molecular weight is 329 g/mol. The molecule has 2 fully saturated rings. The van der Waals surface area contributed by atoms with Gasteiger partial charge in [-0.2, -0.15) is 0 Å². The number of allylic oxidation sites excluding steroid dienone is 1. The SMILES string of the molecule is C=C1CCC[C@H](N2Cc3c(csc3C3CCCC3)C2=O)C(=O)C1. The van der Waals surface area contributed by atoms with Crippen LogP contribution >= 0.6 is 11.3 Å². The molecule has 3 nitrogen and oxygen atoms in total. The zero-order valence-corrected chi connectivity index (χ0v) is 14.3. The van der Waals surface area contributed by atoms with E-state index in [4.69, 9.17) is 0 Å².